The fourth-order valence-electron chi connectivity index (χ4n) is 2.33. The van der Waals surface area contributed by atoms with Crippen molar-refractivity contribution in [2.24, 2.45) is 0 Å². The molecule has 0 saturated carbocycles. The van der Waals surface area contributed by atoms with Crippen molar-refractivity contribution < 1.29 is 9.50 Å². The van der Waals surface area contributed by atoms with Crippen molar-refractivity contribution in [3.05, 3.63) is 55.4 Å². The maximum absolute atomic E-state index is 13.2. The quantitative estimate of drug-likeness (QED) is 0.876. The smallest absolute Gasteiger partial charge is 0.137 e. The summed E-state index contributed by atoms with van der Waals surface area (Å²) in [7, 11) is 0. The second-order valence-corrected chi connectivity index (χ2v) is 6.55. The lowest BCUT2D eigenvalue weighted by Crippen LogP contribution is -1.97. The molecule has 1 aliphatic rings. The first-order valence-corrected chi connectivity index (χ1v) is 7.50. The summed E-state index contributed by atoms with van der Waals surface area (Å²) in [6.07, 6.45) is 2.81. The van der Waals surface area contributed by atoms with Crippen LogP contribution in [0.5, 0.6) is 0 Å². The van der Waals surface area contributed by atoms with Crippen molar-refractivity contribution >= 4 is 27.3 Å². The Morgan fingerprint density at radius 3 is 2.83 bits per heavy atom. The molecule has 1 aromatic carbocycles. The molecule has 1 aliphatic carbocycles. The van der Waals surface area contributed by atoms with Gasteiger partial charge in [-0.3, -0.25) is 0 Å². The molecule has 1 aromatic heterocycles. The molecule has 2 aromatic rings. The highest BCUT2D eigenvalue weighted by molar-refractivity contribution is 9.10. The van der Waals surface area contributed by atoms with Gasteiger partial charge >= 0.3 is 0 Å². The fraction of sp³-hybridized carbons (Fsp3) is 0.286. The third kappa shape index (κ3) is 2.13. The van der Waals surface area contributed by atoms with Crippen molar-refractivity contribution in [3.63, 3.8) is 0 Å². The standard InChI is InChI=1S/C14H12BrFOS/c15-10-6-9(4-5-11(10)16)14(17)13-7-8-2-1-3-12(8)18-13/h4-7,14,17H,1-3H2. The van der Waals surface area contributed by atoms with Crippen LogP contribution in [-0.2, 0) is 12.8 Å². The summed E-state index contributed by atoms with van der Waals surface area (Å²) in [5.74, 6) is -0.306. The van der Waals surface area contributed by atoms with Gasteiger partial charge < -0.3 is 5.11 Å². The van der Waals surface area contributed by atoms with Crippen LogP contribution in [0.25, 0.3) is 0 Å². The number of thiophene rings is 1. The zero-order valence-corrected chi connectivity index (χ0v) is 12.0. The predicted octanol–water partition coefficient (Wildman–Crippen LogP) is 4.22. The van der Waals surface area contributed by atoms with Gasteiger partial charge in [0, 0.05) is 9.75 Å². The molecule has 18 heavy (non-hydrogen) atoms. The first kappa shape index (κ1) is 12.3. The summed E-state index contributed by atoms with van der Waals surface area (Å²) in [5, 5.41) is 10.3. The van der Waals surface area contributed by atoms with E-state index in [9.17, 15) is 9.50 Å². The summed E-state index contributed by atoms with van der Waals surface area (Å²) < 4.78 is 13.6. The largest absolute Gasteiger partial charge is 0.383 e. The van der Waals surface area contributed by atoms with E-state index >= 15 is 0 Å². The van der Waals surface area contributed by atoms with E-state index < -0.39 is 6.10 Å². The number of aliphatic hydroxyl groups excluding tert-OH is 1. The number of benzene rings is 1. The van der Waals surface area contributed by atoms with Crippen LogP contribution in [0.3, 0.4) is 0 Å². The van der Waals surface area contributed by atoms with Crippen molar-refractivity contribution in [1.29, 1.82) is 0 Å². The lowest BCUT2D eigenvalue weighted by atomic mass is 10.1. The zero-order chi connectivity index (χ0) is 12.7. The number of halogens is 2. The number of hydrogen-bond donors (Lipinski definition) is 1. The van der Waals surface area contributed by atoms with Gasteiger partial charge in [-0.25, -0.2) is 4.39 Å². The molecule has 0 amide bonds. The number of aryl methyl sites for hydroxylation is 2. The van der Waals surface area contributed by atoms with E-state index in [1.54, 1.807) is 23.5 Å². The van der Waals surface area contributed by atoms with Gasteiger partial charge in [0.1, 0.15) is 11.9 Å². The van der Waals surface area contributed by atoms with Crippen LogP contribution < -0.4 is 0 Å². The molecule has 0 bridgehead atoms. The molecule has 1 nitrogen and oxygen atoms in total. The molecule has 4 heteroatoms. The third-order valence-electron chi connectivity index (χ3n) is 3.29. The van der Waals surface area contributed by atoms with Crippen LogP contribution in [0.1, 0.15) is 33.4 Å². The minimum atomic E-state index is -0.655. The molecule has 94 valence electrons. The number of hydrogen-bond acceptors (Lipinski definition) is 2. The molecule has 0 saturated heterocycles. The number of rotatable bonds is 2. The Labute approximate surface area is 117 Å². The van der Waals surface area contributed by atoms with Crippen molar-refractivity contribution in [2.45, 2.75) is 25.4 Å². The van der Waals surface area contributed by atoms with Crippen LogP contribution in [0, 0.1) is 5.82 Å². The fourth-order valence-corrected chi connectivity index (χ4v) is 4.00. The summed E-state index contributed by atoms with van der Waals surface area (Å²) in [6, 6.07) is 6.75. The highest BCUT2D eigenvalue weighted by atomic mass is 79.9. The monoisotopic (exact) mass is 326 g/mol. The SMILES string of the molecule is OC(c1ccc(F)c(Br)c1)c1cc2c(s1)CCC2. The summed E-state index contributed by atoms with van der Waals surface area (Å²) in [5.41, 5.74) is 2.10. The lowest BCUT2D eigenvalue weighted by molar-refractivity contribution is 0.224. The van der Waals surface area contributed by atoms with E-state index in [1.165, 1.54) is 22.9 Å². The second-order valence-electron chi connectivity index (χ2n) is 4.53. The maximum atomic E-state index is 13.2. The maximum Gasteiger partial charge on any atom is 0.137 e. The topological polar surface area (TPSA) is 20.2 Å². The van der Waals surface area contributed by atoms with Crippen LogP contribution in [0.2, 0.25) is 0 Å². The molecule has 0 aliphatic heterocycles. The van der Waals surface area contributed by atoms with Gasteiger partial charge in [-0.1, -0.05) is 6.07 Å². The first-order valence-electron chi connectivity index (χ1n) is 5.89. The van der Waals surface area contributed by atoms with Crippen LogP contribution in [-0.4, -0.2) is 5.11 Å². The van der Waals surface area contributed by atoms with Crippen molar-refractivity contribution in [3.8, 4) is 0 Å². The average Bonchev–Trinajstić information content (AvgIpc) is 2.92. The van der Waals surface area contributed by atoms with Crippen LogP contribution in [0.15, 0.2) is 28.7 Å². The normalized spacial score (nSPS) is 15.7. The van der Waals surface area contributed by atoms with E-state index in [1.807, 2.05) is 0 Å². The minimum Gasteiger partial charge on any atom is -0.383 e. The molecule has 0 fully saturated rings. The first-order chi connectivity index (χ1) is 8.65. The Morgan fingerprint density at radius 1 is 1.28 bits per heavy atom. The number of fused-ring (bicyclic) bond motifs is 1. The van der Waals surface area contributed by atoms with E-state index in [2.05, 4.69) is 22.0 Å². The van der Waals surface area contributed by atoms with Crippen molar-refractivity contribution in [2.75, 3.05) is 0 Å². The van der Waals surface area contributed by atoms with Gasteiger partial charge in [0.2, 0.25) is 0 Å². The third-order valence-corrected chi connectivity index (χ3v) is 5.19. The Hall–Kier alpha value is -0.710. The van der Waals surface area contributed by atoms with E-state index in [0.29, 0.717) is 4.47 Å². The Morgan fingerprint density at radius 2 is 2.11 bits per heavy atom. The van der Waals surface area contributed by atoms with Gasteiger partial charge in [-0.05, 0) is 64.5 Å². The van der Waals surface area contributed by atoms with Crippen molar-refractivity contribution in [1.82, 2.24) is 0 Å². The molecule has 1 unspecified atom stereocenters. The molecule has 1 N–H and O–H groups in total. The van der Waals surface area contributed by atoms with Gasteiger partial charge in [-0.2, -0.15) is 0 Å². The Balaban J connectivity index is 1.93. The predicted molar refractivity (Wildman–Crippen MR) is 74.5 cm³/mol. The van der Waals surface area contributed by atoms with E-state index in [4.69, 9.17) is 0 Å². The summed E-state index contributed by atoms with van der Waals surface area (Å²) in [4.78, 5) is 2.35. The Bertz CT molecular complexity index is 572. The molecule has 1 atom stereocenters. The van der Waals surface area contributed by atoms with Crippen LogP contribution in [0.4, 0.5) is 4.39 Å². The van der Waals surface area contributed by atoms with E-state index in [-0.39, 0.29) is 5.82 Å². The molecular weight excluding hydrogens is 315 g/mol. The zero-order valence-electron chi connectivity index (χ0n) is 9.62. The van der Waals surface area contributed by atoms with Crippen LogP contribution >= 0.6 is 27.3 Å². The lowest BCUT2D eigenvalue weighted by Gasteiger charge is -2.09. The molecule has 1 heterocycles. The highest BCUT2D eigenvalue weighted by Crippen LogP contribution is 2.36. The molecule has 3 rings (SSSR count). The molecule has 0 spiro atoms. The van der Waals surface area contributed by atoms with Gasteiger partial charge in [-0.15, -0.1) is 11.3 Å². The second kappa shape index (κ2) is 4.76. The molecular formula is C14H12BrFOS. The van der Waals surface area contributed by atoms with Gasteiger partial charge in [0.05, 0.1) is 4.47 Å². The van der Waals surface area contributed by atoms with Gasteiger partial charge in [0.25, 0.3) is 0 Å². The van der Waals surface area contributed by atoms with E-state index in [0.717, 1.165) is 23.3 Å². The number of aliphatic hydroxyl groups is 1. The highest BCUT2D eigenvalue weighted by Gasteiger charge is 2.20. The summed E-state index contributed by atoms with van der Waals surface area (Å²) >= 11 is 4.82. The average molecular weight is 327 g/mol. The molecule has 0 radical (unpaired) electrons. The van der Waals surface area contributed by atoms with Gasteiger partial charge in [0.15, 0.2) is 0 Å². The minimum absolute atomic E-state index is 0.306. The summed E-state index contributed by atoms with van der Waals surface area (Å²) in [6.45, 7) is 0. The Kier molecular flexibility index (Phi) is 3.26.